The highest BCUT2D eigenvalue weighted by Gasteiger charge is 2.50. The molecule has 0 aromatic carbocycles. The number of carbonyl (C=O) groups excluding carboxylic acids is 3. The molecule has 0 spiro atoms. The first-order valence-electron chi connectivity index (χ1n) is 30.9. The molecule has 3 N–H and O–H groups in total. The zero-order chi connectivity index (χ0) is 56.1. The van der Waals surface area contributed by atoms with E-state index in [0.29, 0.717) is 19.3 Å². The summed E-state index contributed by atoms with van der Waals surface area (Å²) >= 11 is 0. The number of rotatable bonds is 52. The Labute approximate surface area is 468 Å². The summed E-state index contributed by atoms with van der Waals surface area (Å²) < 4.78 is 28.4. The summed E-state index contributed by atoms with van der Waals surface area (Å²) in [6.07, 6.45) is 54.5. The maximum Gasteiger partial charge on any atom is 0.335 e. The molecule has 12 heteroatoms. The summed E-state index contributed by atoms with van der Waals surface area (Å²) in [5.41, 5.74) is 0. The lowest BCUT2D eigenvalue weighted by molar-refractivity contribution is -0.301. The SMILES string of the molecule is CC/C=C\C/C=C\C/C=C\CCCCCCCC(=O)OC(COC(=O)CCCCCCCCCCCCCCCCCCCCC)COC1OC(C(=O)O)C(O)C(O)C1OC(=O)CCCCC/C=C\C/C=C\C/C=C\CC. The smallest absolute Gasteiger partial charge is 0.335 e. The average molecular weight is 1080 g/mol. The molecule has 1 fully saturated rings. The molecule has 77 heavy (non-hydrogen) atoms. The van der Waals surface area contributed by atoms with E-state index >= 15 is 0 Å². The van der Waals surface area contributed by atoms with Crippen LogP contribution in [0.15, 0.2) is 72.9 Å². The molecular formula is C65H110O12. The summed E-state index contributed by atoms with van der Waals surface area (Å²) in [5, 5.41) is 31.5. The van der Waals surface area contributed by atoms with Crippen LogP contribution in [-0.4, -0.2) is 89.2 Å². The van der Waals surface area contributed by atoms with Gasteiger partial charge in [0.2, 0.25) is 0 Å². The Morgan fingerprint density at radius 1 is 0.442 bits per heavy atom. The fourth-order valence-electron chi connectivity index (χ4n) is 9.10. The van der Waals surface area contributed by atoms with Gasteiger partial charge in [0.05, 0.1) is 6.61 Å². The van der Waals surface area contributed by atoms with Crippen LogP contribution < -0.4 is 0 Å². The fourth-order valence-corrected chi connectivity index (χ4v) is 9.10. The van der Waals surface area contributed by atoms with E-state index in [-0.39, 0.29) is 25.9 Å². The van der Waals surface area contributed by atoms with Gasteiger partial charge in [-0.2, -0.15) is 0 Å². The van der Waals surface area contributed by atoms with E-state index in [0.717, 1.165) is 109 Å². The molecule has 1 rings (SSSR count). The first-order chi connectivity index (χ1) is 37.6. The van der Waals surface area contributed by atoms with Crippen LogP contribution in [0.3, 0.4) is 0 Å². The van der Waals surface area contributed by atoms with Crippen LogP contribution in [0.4, 0.5) is 0 Å². The third-order valence-corrected chi connectivity index (χ3v) is 13.8. The summed E-state index contributed by atoms with van der Waals surface area (Å²) in [5.74, 6) is -3.17. The van der Waals surface area contributed by atoms with Gasteiger partial charge < -0.3 is 39.0 Å². The van der Waals surface area contributed by atoms with Crippen LogP contribution >= 0.6 is 0 Å². The number of unbranched alkanes of at least 4 members (excludes halogenated alkanes) is 26. The minimum atomic E-state index is -1.92. The zero-order valence-electron chi connectivity index (χ0n) is 48.7. The number of aliphatic hydroxyl groups is 2. The number of carboxylic acid groups (broad SMARTS) is 1. The molecule has 0 aromatic rings. The first kappa shape index (κ1) is 71.2. The molecule has 0 radical (unpaired) electrons. The number of aliphatic hydroxyl groups excluding tert-OH is 2. The van der Waals surface area contributed by atoms with Crippen LogP contribution in [0.5, 0.6) is 0 Å². The second-order valence-electron chi connectivity index (χ2n) is 20.9. The largest absolute Gasteiger partial charge is 0.479 e. The van der Waals surface area contributed by atoms with Crippen LogP contribution in [0.1, 0.15) is 265 Å². The highest BCUT2D eigenvalue weighted by atomic mass is 16.7. The molecule has 0 amide bonds. The Balaban J connectivity index is 2.67. The normalized spacial score (nSPS) is 18.5. The van der Waals surface area contributed by atoms with E-state index in [1.54, 1.807) is 0 Å². The molecule has 0 aromatic heterocycles. The monoisotopic (exact) mass is 1080 g/mol. The van der Waals surface area contributed by atoms with E-state index in [9.17, 15) is 34.5 Å². The van der Waals surface area contributed by atoms with E-state index in [1.165, 1.54) is 96.3 Å². The lowest BCUT2D eigenvalue weighted by Crippen LogP contribution is -2.61. The van der Waals surface area contributed by atoms with Crippen molar-refractivity contribution in [2.24, 2.45) is 0 Å². The highest BCUT2D eigenvalue weighted by Crippen LogP contribution is 2.26. The molecule has 1 heterocycles. The van der Waals surface area contributed by atoms with Gasteiger partial charge in [0.1, 0.15) is 18.8 Å². The second kappa shape index (κ2) is 52.8. The van der Waals surface area contributed by atoms with Crippen LogP contribution in [0.25, 0.3) is 0 Å². The number of aliphatic carboxylic acids is 1. The Morgan fingerprint density at radius 2 is 0.818 bits per heavy atom. The van der Waals surface area contributed by atoms with Crippen molar-refractivity contribution in [1.82, 2.24) is 0 Å². The average Bonchev–Trinajstić information content (AvgIpc) is 3.41. The number of hydrogen-bond donors (Lipinski definition) is 3. The molecular weight excluding hydrogens is 973 g/mol. The quantitative estimate of drug-likeness (QED) is 0.0228. The first-order valence-corrected chi connectivity index (χ1v) is 30.9. The zero-order valence-corrected chi connectivity index (χ0v) is 48.7. The predicted molar refractivity (Wildman–Crippen MR) is 312 cm³/mol. The lowest BCUT2D eigenvalue weighted by atomic mass is 9.98. The van der Waals surface area contributed by atoms with Gasteiger partial charge in [-0.25, -0.2) is 4.79 Å². The number of esters is 3. The molecule has 12 nitrogen and oxygen atoms in total. The van der Waals surface area contributed by atoms with Gasteiger partial charge in [0.15, 0.2) is 24.6 Å². The van der Waals surface area contributed by atoms with Crippen LogP contribution in [0, 0.1) is 0 Å². The third-order valence-electron chi connectivity index (χ3n) is 13.8. The number of hydrogen-bond acceptors (Lipinski definition) is 11. The highest BCUT2D eigenvalue weighted by molar-refractivity contribution is 5.74. The summed E-state index contributed by atoms with van der Waals surface area (Å²) in [4.78, 5) is 51.2. The third kappa shape index (κ3) is 42.7. The molecule has 6 unspecified atom stereocenters. The van der Waals surface area contributed by atoms with Crippen molar-refractivity contribution in [3.05, 3.63) is 72.9 Å². The summed E-state index contributed by atoms with van der Waals surface area (Å²) in [6.45, 7) is 5.76. The summed E-state index contributed by atoms with van der Waals surface area (Å²) in [6, 6.07) is 0. The fraction of sp³-hybridized carbons (Fsp3) is 0.754. The van der Waals surface area contributed by atoms with Crippen LogP contribution in [0.2, 0.25) is 0 Å². The number of ether oxygens (including phenoxy) is 5. The second-order valence-corrected chi connectivity index (χ2v) is 20.9. The predicted octanol–water partition coefficient (Wildman–Crippen LogP) is 16.1. The van der Waals surface area contributed by atoms with Crippen molar-refractivity contribution in [1.29, 1.82) is 0 Å². The number of allylic oxidation sites excluding steroid dienone is 12. The topological polar surface area (TPSA) is 175 Å². The minimum Gasteiger partial charge on any atom is -0.479 e. The van der Waals surface area contributed by atoms with Gasteiger partial charge in [-0.1, -0.05) is 235 Å². The minimum absolute atomic E-state index is 0.0221. The Morgan fingerprint density at radius 3 is 1.26 bits per heavy atom. The van der Waals surface area contributed by atoms with Gasteiger partial charge in [-0.05, 0) is 83.5 Å². The van der Waals surface area contributed by atoms with E-state index < -0.39 is 67.3 Å². The molecule has 0 aliphatic carbocycles. The lowest BCUT2D eigenvalue weighted by Gasteiger charge is -2.40. The molecule has 0 bridgehead atoms. The molecule has 1 aliphatic heterocycles. The van der Waals surface area contributed by atoms with Crippen LogP contribution in [-0.2, 0) is 42.9 Å². The Bertz CT molecular complexity index is 1620. The van der Waals surface area contributed by atoms with E-state index in [4.69, 9.17) is 23.7 Å². The van der Waals surface area contributed by atoms with Gasteiger partial charge in [-0.15, -0.1) is 0 Å². The van der Waals surface area contributed by atoms with Gasteiger partial charge in [-0.3, -0.25) is 14.4 Å². The van der Waals surface area contributed by atoms with E-state index in [1.807, 2.05) is 0 Å². The number of carboxylic acids is 1. The molecule has 1 saturated heterocycles. The van der Waals surface area contributed by atoms with Gasteiger partial charge in [0, 0.05) is 19.3 Å². The maximum atomic E-state index is 13.2. The Hall–Kier alpha value is -3.84. The maximum absolute atomic E-state index is 13.2. The van der Waals surface area contributed by atoms with Crippen molar-refractivity contribution in [3.63, 3.8) is 0 Å². The van der Waals surface area contributed by atoms with Crippen molar-refractivity contribution in [3.8, 4) is 0 Å². The molecule has 6 atom stereocenters. The molecule has 0 saturated carbocycles. The Kier molecular flexibility index (Phi) is 48.8. The van der Waals surface area contributed by atoms with Gasteiger partial charge >= 0.3 is 23.9 Å². The van der Waals surface area contributed by atoms with Crippen molar-refractivity contribution < 1.29 is 58.2 Å². The molecule has 442 valence electrons. The molecule has 1 aliphatic rings. The van der Waals surface area contributed by atoms with E-state index in [2.05, 4.69) is 93.7 Å². The summed E-state index contributed by atoms with van der Waals surface area (Å²) in [7, 11) is 0. The number of carbonyl (C=O) groups is 4. The van der Waals surface area contributed by atoms with Crippen molar-refractivity contribution in [2.45, 2.75) is 302 Å². The van der Waals surface area contributed by atoms with Crippen molar-refractivity contribution >= 4 is 23.9 Å². The van der Waals surface area contributed by atoms with Crippen molar-refractivity contribution in [2.75, 3.05) is 13.2 Å². The van der Waals surface area contributed by atoms with Gasteiger partial charge in [0.25, 0.3) is 0 Å². The standard InChI is InChI=1S/C65H110O12/c1-4-7-10-13-16-19-22-25-27-28-29-30-32-34-36-39-42-45-48-51-57(66)73-54-56(75-58(67)52-49-46-43-40-38-35-31-26-23-20-17-14-11-8-5-2)55-74-65-63(61(70)60(69)62(77-65)64(71)72)76-59(68)53-50-47-44-41-37-33-24-21-18-15-12-9-6-3/h8-9,11-12,17-18,20-21,26,31,33,37,56,60-63,65,69-70H,4-7,10,13-16,19,22-25,27-30,32,34-36,38-55H2,1-3H3,(H,71,72)/b11-8-,12-9-,20-17-,21-18-,31-26-,37-33-.